The number of nitrogens with one attached hydrogen (secondary N) is 1. The van der Waals surface area contributed by atoms with E-state index in [0.717, 1.165) is 16.7 Å². The second-order valence-corrected chi connectivity index (χ2v) is 5.82. The van der Waals surface area contributed by atoms with E-state index in [2.05, 4.69) is 5.32 Å². The van der Waals surface area contributed by atoms with E-state index in [1.54, 1.807) is 25.3 Å². The number of aryl methyl sites for hydroxylation is 2. The molecule has 5 heteroatoms. The molecule has 0 fully saturated rings. The molecule has 0 aliphatic heterocycles. The highest BCUT2D eigenvalue weighted by Crippen LogP contribution is 2.19. The molecule has 0 bridgehead atoms. The Morgan fingerprint density at radius 1 is 1.12 bits per heavy atom. The van der Waals surface area contributed by atoms with Gasteiger partial charge >= 0.3 is 0 Å². The van der Waals surface area contributed by atoms with Crippen LogP contribution in [-0.4, -0.2) is 25.0 Å². The Balaban J connectivity index is 2.19. The van der Waals surface area contributed by atoms with Gasteiger partial charge in [0.15, 0.2) is 0 Å². The van der Waals surface area contributed by atoms with Gasteiger partial charge in [0.25, 0.3) is 5.91 Å². The molecule has 0 aliphatic carbocycles. The maximum absolute atomic E-state index is 12.5. The lowest BCUT2D eigenvalue weighted by Gasteiger charge is -2.17. The first-order valence-electron chi connectivity index (χ1n) is 7.71. The highest BCUT2D eigenvalue weighted by Gasteiger charge is 2.21. The monoisotopic (exact) mass is 326 g/mol. The molecule has 2 aromatic carbocycles. The van der Waals surface area contributed by atoms with Gasteiger partial charge in [-0.1, -0.05) is 35.4 Å². The summed E-state index contributed by atoms with van der Waals surface area (Å²) < 4.78 is 5.28. The van der Waals surface area contributed by atoms with Crippen molar-refractivity contribution in [3.05, 3.63) is 64.7 Å². The first kappa shape index (κ1) is 17.5. The van der Waals surface area contributed by atoms with Crippen molar-refractivity contribution in [1.82, 2.24) is 5.32 Å². The zero-order valence-corrected chi connectivity index (χ0v) is 14.1. The second kappa shape index (κ2) is 7.64. The first-order valence-corrected chi connectivity index (χ1v) is 7.71. The molecular formula is C19H22N2O3. The number of hydrogen-bond acceptors (Lipinski definition) is 3. The third-order valence-electron chi connectivity index (χ3n) is 3.75. The molecule has 2 aromatic rings. The van der Waals surface area contributed by atoms with E-state index in [1.165, 1.54) is 0 Å². The molecule has 0 aromatic heterocycles. The summed E-state index contributed by atoms with van der Waals surface area (Å²) in [5, 5.41) is 2.72. The summed E-state index contributed by atoms with van der Waals surface area (Å²) in [4.78, 5) is 24.2. The smallest absolute Gasteiger partial charge is 0.251 e. The summed E-state index contributed by atoms with van der Waals surface area (Å²) >= 11 is 0. The molecule has 0 aliphatic rings. The molecule has 0 unspecified atom stereocenters. The summed E-state index contributed by atoms with van der Waals surface area (Å²) in [6.07, 6.45) is 0.274. The van der Waals surface area contributed by atoms with Gasteiger partial charge in [0, 0.05) is 12.0 Å². The Bertz CT molecular complexity index is 736. The quantitative estimate of drug-likeness (QED) is 0.853. The first-order chi connectivity index (χ1) is 11.4. The minimum Gasteiger partial charge on any atom is -0.496 e. The Labute approximate surface area is 141 Å². The Morgan fingerprint density at radius 3 is 2.33 bits per heavy atom. The molecule has 2 rings (SSSR count). The molecule has 24 heavy (non-hydrogen) atoms. The largest absolute Gasteiger partial charge is 0.496 e. The van der Waals surface area contributed by atoms with Crippen LogP contribution in [-0.2, 0) is 11.2 Å². The Morgan fingerprint density at radius 2 is 1.75 bits per heavy atom. The van der Waals surface area contributed by atoms with E-state index >= 15 is 0 Å². The van der Waals surface area contributed by atoms with Crippen LogP contribution in [0.15, 0.2) is 42.5 Å². The fourth-order valence-electron chi connectivity index (χ4n) is 2.66. The van der Waals surface area contributed by atoms with E-state index in [-0.39, 0.29) is 12.3 Å². The SMILES string of the molecule is COc1ccccc1C[C@@H](NC(=O)c1cc(C)cc(C)c1)C(N)=O. The average Bonchev–Trinajstić information content (AvgIpc) is 2.53. The predicted molar refractivity (Wildman–Crippen MR) is 93.1 cm³/mol. The van der Waals surface area contributed by atoms with Crippen molar-refractivity contribution < 1.29 is 14.3 Å². The van der Waals surface area contributed by atoms with Crippen LogP contribution in [0.2, 0.25) is 0 Å². The van der Waals surface area contributed by atoms with Crippen LogP contribution in [0.5, 0.6) is 5.75 Å². The van der Waals surface area contributed by atoms with Gasteiger partial charge in [-0.05, 0) is 37.6 Å². The van der Waals surface area contributed by atoms with Crippen LogP contribution < -0.4 is 15.8 Å². The third kappa shape index (κ3) is 4.35. The molecule has 126 valence electrons. The van der Waals surface area contributed by atoms with Gasteiger partial charge < -0.3 is 15.8 Å². The zero-order chi connectivity index (χ0) is 17.7. The Kier molecular flexibility index (Phi) is 5.58. The molecule has 1 atom stereocenters. The molecule has 2 amide bonds. The number of nitrogens with two attached hydrogens (primary N) is 1. The van der Waals surface area contributed by atoms with Crippen LogP contribution >= 0.6 is 0 Å². The topological polar surface area (TPSA) is 81.4 Å². The van der Waals surface area contributed by atoms with E-state index in [9.17, 15) is 9.59 Å². The van der Waals surface area contributed by atoms with Gasteiger partial charge in [0.05, 0.1) is 7.11 Å². The lowest BCUT2D eigenvalue weighted by atomic mass is 10.0. The van der Waals surface area contributed by atoms with Crippen LogP contribution in [0, 0.1) is 13.8 Å². The maximum atomic E-state index is 12.5. The third-order valence-corrected chi connectivity index (χ3v) is 3.75. The average molecular weight is 326 g/mol. The summed E-state index contributed by atoms with van der Waals surface area (Å²) in [7, 11) is 1.56. The normalized spacial score (nSPS) is 11.6. The summed E-state index contributed by atoms with van der Waals surface area (Å²) in [5.74, 6) is -0.247. The molecule has 0 heterocycles. The lowest BCUT2D eigenvalue weighted by Crippen LogP contribution is -2.45. The van der Waals surface area contributed by atoms with Gasteiger partial charge in [-0.2, -0.15) is 0 Å². The molecule has 0 spiro atoms. The highest BCUT2D eigenvalue weighted by molar-refractivity contribution is 5.97. The van der Waals surface area contributed by atoms with E-state index < -0.39 is 11.9 Å². The molecular weight excluding hydrogens is 304 g/mol. The molecule has 5 nitrogen and oxygen atoms in total. The van der Waals surface area contributed by atoms with E-state index in [1.807, 2.05) is 38.1 Å². The minimum absolute atomic E-state index is 0.274. The fraction of sp³-hybridized carbons (Fsp3) is 0.263. The van der Waals surface area contributed by atoms with Crippen molar-refractivity contribution in [3.63, 3.8) is 0 Å². The van der Waals surface area contributed by atoms with Crippen molar-refractivity contribution >= 4 is 11.8 Å². The molecule has 3 N–H and O–H groups in total. The van der Waals surface area contributed by atoms with Gasteiger partial charge in [0.2, 0.25) is 5.91 Å². The minimum atomic E-state index is -0.811. The summed E-state index contributed by atoms with van der Waals surface area (Å²) in [6.45, 7) is 3.84. The number of rotatable bonds is 6. The number of amides is 2. The van der Waals surface area contributed by atoms with Crippen molar-refractivity contribution in [1.29, 1.82) is 0 Å². The summed E-state index contributed by atoms with van der Waals surface area (Å²) in [5.41, 5.74) is 8.76. The molecule has 0 radical (unpaired) electrons. The van der Waals surface area contributed by atoms with Crippen LogP contribution in [0.4, 0.5) is 0 Å². The number of para-hydroxylation sites is 1. The molecule has 0 saturated carbocycles. The number of hydrogen-bond donors (Lipinski definition) is 2. The summed E-state index contributed by atoms with van der Waals surface area (Å²) in [6, 6.07) is 12.1. The lowest BCUT2D eigenvalue weighted by molar-refractivity contribution is -0.119. The van der Waals surface area contributed by atoms with Crippen molar-refractivity contribution in [2.75, 3.05) is 7.11 Å². The number of carbonyl (C=O) groups excluding carboxylic acids is 2. The van der Waals surface area contributed by atoms with Gasteiger partial charge in [-0.15, -0.1) is 0 Å². The van der Waals surface area contributed by atoms with Gasteiger partial charge in [-0.25, -0.2) is 0 Å². The van der Waals surface area contributed by atoms with Crippen molar-refractivity contribution in [3.8, 4) is 5.75 Å². The maximum Gasteiger partial charge on any atom is 0.251 e. The number of methoxy groups -OCH3 is 1. The second-order valence-electron chi connectivity index (χ2n) is 5.82. The van der Waals surface area contributed by atoms with E-state index in [4.69, 9.17) is 10.5 Å². The number of ether oxygens (including phenoxy) is 1. The van der Waals surface area contributed by atoms with Crippen molar-refractivity contribution in [2.45, 2.75) is 26.3 Å². The fourth-order valence-corrected chi connectivity index (χ4v) is 2.66. The standard InChI is InChI=1S/C19H22N2O3/c1-12-8-13(2)10-15(9-12)19(23)21-16(18(20)22)11-14-6-4-5-7-17(14)24-3/h4-10,16H,11H2,1-3H3,(H2,20,22)(H,21,23)/t16-/m1/s1. The van der Waals surface area contributed by atoms with Gasteiger partial charge in [-0.3, -0.25) is 9.59 Å². The van der Waals surface area contributed by atoms with Crippen LogP contribution in [0.25, 0.3) is 0 Å². The number of benzene rings is 2. The van der Waals surface area contributed by atoms with Crippen LogP contribution in [0.3, 0.4) is 0 Å². The Hall–Kier alpha value is -2.82. The van der Waals surface area contributed by atoms with Crippen molar-refractivity contribution in [2.24, 2.45) is 5.73 Å². The number of carbonyl (C=O) groups is 2. The van der Waals surface area contributed by atoms with Crippen LogP contribution in [0.1, 0.15) is 27.0 Å². The highest BCUT2D eigenvalue weighted by atomic mass is 16.5. The predicted octanol–water partition coefficient (Wildman–Crippen LogP) is 2.14. The van der Waals surface area contributed by atoms with E-state index in [0.29, 0.717) is 11.3 Å². The number of primary amides is 1. The van der Waals surface area contributed by atoms with Gasteiger partial charge in [0.1, 0.15) is 11.8 Å². The zero-order valence-electron chi connectivity index (χ0n) is 14.1. The molecule has 0 saturated heterocycles.